The molecule has 160 valence electrons. The van der Waals surface area contributed by atoms with Crippen LogP contribution in [0, 0.1) is 10.1 Å². The van der Waals surface area contributed by atoms with E-state index in [1.165, 1.54) is 28.7 Å². The predicted octanol–water partition coefficient (Wildman–Crippen LogP) is 2.93. The van der Waals surface area contributed by atoms with Gasteiger partial charge in [-0.1, -0.05) is 0 Å². The van der Waals surface area contributed by atoms with E-state index in [0.717, 1.165) is 18.9 Å². The van der Waals surface area contributed by atoms with Gasteiger partial charge >= 0.3 is 0 Å². The third-order valence-corrected chi connectivity index (χ3v) is 6.45. The molecule has 2 aromatic carbocycles. The summed E-state index contributed by atoms with van der Waals surface area (Å²) in [6.07, 6.45) is 2.95. The van der Waals surface area contributed by atoms with Crippen LogP contribution in [0.3, 0.4) is 0 Å². The van der Waals surface area contributed by atoms with Crippen LogP contribution >= 0.6 is 0 Å². The fraction of sp³-hybridized carbons (Fsp3) is 0.316. The summed E-state index contributed by atoms with van der Waals surface area (Å²) in [6, 6.07) is 8.31. The van der Waals surface area contributed by atoms with E-state index in [-0.39, 0.29) is 16.3 Å². The van der Waals surface area contributed by atoms with E-state index in [1.807, 2.05) is 0 Å². The molecule has 1 fully saturated rings. The molecule has 0 atom stereocenters. The van der Waals surface area contributed by atoms with E-state index in [4.69, 9.17) is 4.74 Å². The maximum Gasteiger partial charge on any atom is 0.295 e. The van der Waals surface area contributed by atoms with Crippen molar-refractivity contribution in [2.45, 2.75) is 24.7 Å². The zero-order chi connectivity index (χ0) is 21.7. The number of nitro benzene ring substituents is 1. The van der Waals surface area contributed by atoms with Crippen molar-refractivity contribution in [3.63, 3.8) is 0 Å². The molecule has 1 saturated heterocycles. The van der Waals surface area contributed by atoms with Crippen molar-refractivity contribution < 1.29 is 23.2 Å². The molecule has 0 unspecified atom stereocenters. The smallest absolute Gasteiger partial charge is 0.295 e. The normalized spacial score (nSPS) is 14.8. The average Bonchev–Trinajstić information content (AvgIpc) is 3.26. The number of aromatic hydroxyl groups is 1. The van der Waals surface area contributed by atoms with Crippen molar-refractivity contribution in [1.29, 1.82) is 0 Å². The van der Waals surface area contributed by atoms with Gasteiger partial charge in [-0.2, -0.15) is 9.41 Å². The molecule has 0 bridgehead atoms. The van der Waals surface area contributed by atoms with Gasteiger partial charge in [-0.15, -0.1) is 0 Å². The Hall–Kier alpha value is -3.18. The number of nitrogens with one attached hydrogen (secondary N) is 1. The van der Waals surface area contributed by atoms with Gasteiger partial charge in [-0.3, -0.25) is 15.5 Å². The van der Waals surface area contributed by atoms with Crippen molar-refractivity contribution in [2.24, 2.45) is 5.10 Å². The van der Waals surface area contributed by atoms with Gasteiger partial charge in [0.1, 0.15) is 5.69 Å². The Morgan fingerprint density at radius 3 is 2.67 bits per heavy atom. The quantitative estimate of drug-likeness (QED) is 0.370. The number of hydrogen-bond donors (Lipinski definition) is 2. The Labute approximate surface area is 174 Å². The number of phenolic OH excluding ortho intramolecular Hbond substituents is 1. The van der Waals surface area contributed by atoms with E-state index >= 15 is 0 Å². The lowest BCUT2D eigenvalue weighted by atomic mass is 10.2. The van der Waals surface area contributed by atoms with Crippen LogP contribution in [0.2, 0.25) is 0 Å². The highest BCUT2D eigenvalue weighted by Crippen LogP contribution is 2.30. The number of nitrogens with zero attached hydrogens (tertiary/aromatic N) is 3. The van der Waals surface area contributed by atoms with E-state index < -0.39 is 20.6 Å². The fourth-order valence-electron chi connectivity index (χ4n) is 3.05. The molecule has 0 radical (unpaired) electrons. The molecule has 1 aliphatic rings. The molecule has 0 saturated carbocycles. The summed E-state index contributed by atoms with van der Waals surface area (Å²) in [5.74, 6) is 0.288. The summed E-state index contributed by atoms with van der Waals surface area (Å²) in [7, 11) is -3.76. The van der Waals surface area contributed by atoms with Crippen molar-refractivity contribution in [3.8, 4) is 11.5 Å². The standard InChI is InChI=1S/C19H22N4O6S/c1-2-29-19-11-14(5-8-18(19)24)13-20-21-16-7-6-15(12-17(16)23(25)26)30(27,28)22-9-3-4-10-22/h5-8,11-13,21,24H,2-4,9-10H2,1H3/b20-13+. The largest absolute Gasteiger partial charge is 0.504 e. The maximum absolute atomic E-state index is 12.7. The highest BCUT2D eigenvalue weighted by molar-refractivity contribution is 7.89. The van der Waals surface area contributed by atoms with Gasteiger partial charge in [0.15, 0.2) is 11.5 Å². The molecule has 0 spiro atoms. The summed E-state index contributed by atoms with van der Waals surface area (Å²) in [5, 5.41) is 25.2. The third kappa shape index (κ3) is 4.69. The number of phenols is 1. The minimum atomic E-state index is -3.76. The number of nitro groups is 1. The highest BCUT2D eigenvalue weighted by Gasteiger charge is 2.29. The SMILES string of the molecule is CCOc1cc(/C=N/Nc2ccc(S(=O)(=O)N3CCCC3)cc2[N+](=O)[O-])ccc1O. The average molecular weight is 434 g/mol. The molecule has 0 aliphatic carbocycles. The fourth-order valence-corrected chi connectivity index (χ4v) is 4.59. The lowest BCUT2D eigenvalue weighted by Gasteiger charge is -2.15. The first-order chi connectivity index (χ1) is 14.3. The van der Waals surface area contributed by atoms with E-state index in [0.29, 0.717) is 31.0 Å². The Balaban J connectivity index is 1.82. The van der Waals surface area contributed by atoms with Crippen molar-refractivity contribution in [2.75, 3.05) is 25.1 Å². The van der Waals surface area contributed by atoms with E-state index in [2.05, 4.69) is 10.5 Å². The molecule has 0 amide bonds. The number of ether oxygens (including phenoxy) is 1. The summed E-state index contributed by atoms with van der Waals surface area (Å²) in [5.41, 5.74) is 2.83. The van der Waals surface area contributed by atoms with Gasteiger partial charge in [0.2, 0.25) is 10.0 Å². The van der Waals surface area contributed by atoms with Gasteiger partial charge < -0.3 is 9.84 Å². The molecule has 1 heterocycles. The Morgan fingerprint density at radius 2 is 2.00 bits per heavy atom. The summed E-state index contributed by atoms with van der Waals surface area (Å²) >= 11 is 0. The van der Waals surface area contributed by atoms with Gasteiger partial charge in [0, 0.05) is 19.2 Å². The molecular formula is C19H22N4O6S. The molecular weight excluding hydrogens is 412 g/mol. The number of rotatable bonds is 8. The second-order valence-electron chi connectivity index (χ2n) is 6.58. The predicted molar refractivity (Wildman–Crippen MR) is 112 cm³/mol. The highest BCUT2D eigenvalue weighted by atomic mass is 32.2. The molecule has 10 nitrogen and oxygen atoms in total. The Bertz CT molecular complexity index is 1060. The van der Waals surface area contributed by atoms with Crippen LogP contribution in [0.5, 0.6) is 11.5 Å². The monoisotopic (exact) mass is 434 g/mol. The molecule has 0 aromatic heterocycles. The Morgan fingerprint density at radius 1 is 1.27 bits per heavy atom. The first kappa shape index (κ1) is 21.5. The Kier molecular flexibility index (Phi) is 6.53. The summed E-state index contributed by atoms with van der Waals surface area (Å²) in [4.78, 5) is 10.7. The van der Waals surface area contributed by atoms with Gasteiger partial charge in [0.05, 0.1) is 22.6 Å². The van der Waals surface area contributed by atoms with Crippen LogP contribution in [0.4, 0.5) is 11.4 Å². The minimum Gasteiger partial charge on any atom is -0.504 e. The first-order valence-electron chi connectivity index (χ1n) is 9.36. The van der Waals surface area contributed by atoms with Gasteiger partial charge in [-0.05, 0) is 55.7 Å². The van der Waals surface area contributed by atoms with Crippen LogP contribution in [-0.4, -0.2) is 48.7 Å². The summed E-state index contributed by atoms with van der Waals surface area (Å²) in [6.45, 7) is 2.99. The van der Waals surface area contributed by atoms with Crippen LogP contribution in [0.15, 0.2) is 46.4 Å². The lowest BCUT2D eigenvalue weighted by Crippen LogP contribution is -2.27. The molecule has 30 heavy (non-hydrogen) atoms. The number of hydrazone groups is 1. The molecule has 2 N–H and O–H groups in total. The van der Waals surface area contributed by atoms with E-state index in [9.17, 15) is 23.6 Å². The van der Waals surface area contributed by atoms with Gasteiger partial charge in [0.25, 0.3) is 5.69 Å². The lowest BCUT2D eigenvalue weighted by molar-refractivity contribution is -0.384. The molecule has 1 aliphatic heterocycles. The second kappa shape index (κ2) is 9.09. The number of anilines is 1. The van der Waals surface area contributed by atoms with Crippen LogP contribution in [-0.2, 0) is 10.0 Å². The van der Waals surface area contributed by atoms with Crippen LogP contribution in [0.1, 0.15) is 25.3 Å². The zero-order valence-corrected chi connectivity index (χ0v) is 17.1. The van der Waals surface area contributed by atoms with Crippen molar-refractivity contribution in [1.82, 2.24) is 4.31 Å². The maximum atomic E-state index is 12.7. The van der Waals surface area contributed by atoms with Crippen molar-refractivity contribution in [3.05, 3.63) is 52.1 Å². The molecule has 3 rings (SSSR count). The second-order valence-corrected chi connectivity index (χ2v) is 8.52. The number of benzene rings is 2. The van der Waals surface area contributed by atoms with Crippen LogP contribution < -0.4 is 10.2 Å². The third-order valence-electron chi connectivity index (χ3n) is 4.55. The number of sulfonamides is 1. The number of hydrogen-bond acceptors (Lipinski definition) is 8. The summed E-state index contributed by atoms with van der Waals surface area (Å²) < 4.78 is 31.9. The molecule has 2 aromatic rings. The van der Waals surface area contributed by atoms with E-state index in [1.54, 1.807) is 19.1 Å². The first-order valence-corrected chi connectivity index (χ1v) is 10.8. The topological polar surface area (TPSA) is 134 Å². The molecule has 11 heteroatoms. The van der Waals surface area contributed by atoms with Crippen LogP contribution in [0.25, 0.3) is 0 Å². The van der Waals surface area contributed by atoms with Gasteiger partial charge in [-0.25, -0.2) is 8.42 Å². The zero-order valence-electron chi connectivity index (χ0n) is 16.3. The minimum absolute atomic E-state index is 0.00704. The van der Waals surface area contributed by atoms with Crippen molar-refractivity contribution >= 4 is 27.6 Å².